The molecule has 1 aliphatic carbocycles. The van der Waals surface area contributed by atoms with E-state index in [0.717, 1.165) is 5.92 Å². The highest BCUT2D eigenvalue weighted by atomic mass is 15.2. The number of likely N-dealkylation sites (tertiary alicyclic amines) is 1. The number of rotatable bonds is 0. The molecule has 0 radical (unpaired) electrons. The van der Waals surface area contributed by atoms with Gasteiger partial charge >= 0.3 is 0 Å². The van der Waals surface area contributed by atoms with Crippen molar-refractivity contribution in [2.75, 3.05) is 13.1 Å². The van der Waals surface area contributed by atoms with E-state index in [-0.39, 0.29) is 0 Å². The maximum absolute atomic E-state index is 6.03. The lowest BCUT2D eigenvalue weighted by molar-refractivity contribution is 0.0738. The van der Waals surface area contributed by atoms with Gasteiger partial charge in [-0.05, 0) is 38.5 Å². The minimum absolute atomic E-state index is 0.320. The fourth-order valence-corrected chi connectivity index (χ4v) is 2.98. The molecule has 13 heavy (non-hydrogen) atoms. The zero-order valence-electron chi connectivity index (χ0n) is 9.30. The average Bonchev–Trinajstić information content (AvgIpc) is 2.21. The van der Waals surface area contributed by atoms with E-state index < -0.39 is 0 Å². The second-order valence-corrected chi connectivity index (χ2v) is 6.18. The van der Waals surface area contributed by atoms with Gasteiger partial charge in [-0.3, -0.25) is 4.90 Å². The van der Waals surface area contributed by atoms with Crippen molar-refractivity contribution >= 4 is 0 Å². The van der Waals surface area contributed by atoms with Crippen LogP contribution in [0.3, 0.4) is 0 Å². The molecule has 1 heterocycles. The standard InChI is InChI=1S/C11H22N2/c1-10(2,3)13-6-8-9(12)5-11(8,4)7-13/h8-9H,5-7,12H2,1-4H3/t8?,9-,11?/m0/s1. The second kappa shape index (κ2) is 2.48. The summed E-state index contributed by atoms with van der Waals surface area (Å²) in [6.07, 6.45) is 1.23. The lowest BCUT2D eigenvalue weighted by atomic mass is 9.60. The van der Waals surface area contributed by atoms with Crippen LogP contribution < -0.4 is 5.73 Å². The van der Waals surface area contributed by atoms with Crippen LogP contribution in [0.1, 0.15) is 34.1 Å². The Morgan fingerprint density at radius 1 is 1.38 bits per heavy atom. The van der Waals surface area contributed by atoms with Crippen molar-refractivity contribution < 1.29 is 0 Å². The van der Waals surface area contributed by atoms with Gasteiger partial charge in [-0.15, -0.1) is 0 Å². The zero-order valence-corrected chi connectivity index (χ0v) is 9.30. The zero-order chi connectivity index (χ0) is 9.85. The fourth-order valence-electron chi connectivity index (χ4n) is 2.98. The number of hydrogen-bond acceptors (Lipinski definition) is 2. The van der Waals surface area contributed by atoms with Gasteiger partial charge in [0, 0.05) is 24.7 Å². The Bertz CT molecular complexity index is 219. The Labute approximate surface area is 81.5 Å². The monoisotopic (exact) mass is 182 g/mol. The molecule has 2 aliphatic rings. The average molecular weight is 182 g/mol. The Kier molecular flexibility index (Phi) is 1.81. The van der Waals surface area contributed by atoms with E-state index in [1.54, 1.807) is 0 Å². The summed E-state index contributed by atoms with van der Waals surface area (Å²) in [4.78, 5) is 2.59. The summed E-state index contributed by atoms with van der Waals surface area (Å²) in [5.74, 6) is 0.756. The minimum atomic E-state index is 0.320. The van der Waals surface area contributed by atoms with Crippen LogP contribution in [-0.4, -0.2) is 29.6 Å². The summed E-state index contributed by atoms with van der Waals surface area (Å²) in [5, 5.41) is 0. The molecule has 2 rings (SSSR count). The third kappa shape index (κ3) is 1.31. The first-order valence-electron chi connectivity index (χ1n) is 5.34. The lowest BCUT2D eigenvalue weighted by Gasteiger charge is -2.46. The lowest BCUT2D eigenvalue weighted by Crippen LogP contribution is -2.53. The first-order valence-corrected chi connectivity index (χ1v) is 5.34. The molecule has 2 fully saturated rings. The third-order valence-electron chi connectivity index (χ3n) is 4.03. The molecule has 2 unspecified atom stereocenters. The van der Waals surface area contributed by atoms with Gasteiger partial charge in [-0.1, -0.05) is 6.92 Å². The highest BCUT2D eigenvalue weighted by Gasteiger charge is 2.55. The first-order chi connectivity index (χ1) is 5.83. The summed E-state index contributed by atoms with van der Waals surface area (Å²) in [6.45, 7) is 11.7. The van der Waals surface area contributed by atoms with E-state index in [1.165, 1.54) is 19.5 Å². The molecule has 2 N–H and O–H groups in total. The number of hydrogen-bond donors (Lipinski definition) is 1. The molecule has 0 aromatic carbocycles. The van der Waals surface area contributed by atoms with E-state index in [1.807, 2.05) is 0 Å². The molecule has 0 aromatic heterocycles. The molecule has 2 nitrogen and oxygen atoms in total. The number of nitrogens with zero attached hydrogens (tertiary/aromatic N) is 1. The SMILES string of the molecule is CC12C[C@H](N)C1CN(C(C)(C)C)C2. The van der Waals surface area contributed by atoms with Gasteiger partial charge in [0.2, 0.25) is 0 Å². The van der Waals surface area contributed by atoms with Gasteiger partial charge in [0.1, 0.15) is 0 Å². The van der Waals surface area contributed by atoms with Crippen LogP contribution in [0, 0.1) is 11.3 Å². The molecule has 1 aliphatic heterocycles. The van der Waals surface area contributed by atoms with E-state index in [2.05, 4.69) is 32.6 Å². The number of nitrogens with two attached hydrogens (primary N) is 1. The van der Waals surface area contributed by atoms with Crippen molar-refractivity contribution in [1.29, 1.82) is 0 Å². The smallest absolute Gasteiger partial charge is 0.0125 e. The molecule has 0 amide bonds. The van der Waals surface area contributed by atoms with Crippen molar-refractivity contribution in [2.24, 2.45) is 17.1 Å². The summed E-state index contributed by atoms with van der Waals surface area (Å²) in [7, 11) is 0. The van der Waals surface area contributed by atoms with E-state index in [4.69, 9.17) is 5.73 Å². The van der Waals surface area contributed by atoms with E-state index in [0.29, 0.717) is 17.0 Å². The van der Waals surface area contributed by atoms with Crippen LogP contribution in [0.25, 0.3) is 0 Å². The molecule has 76 valence electrons. The molecule has 0 aromatic rings. The van der Waals surface area contributed by atoms with Crippen molar-refractivity contribution in [3.63, 3.8) is 0 Å². The van der Waals surface area contributed by atoms with Crippen molar-refractivity contribution in [3.8, 4) is 0 Å². The maximum Gasteiger partial charge on any atom is 0.0125 e. The van der Waals surface area contributed by atoms with Crippen LogP contribution in [0.15, 0.2) is 0 Å². The van der Waals surface area contributed by atoms with Crippen molar-refractivity contribution in [3.05, 3.63) is 0 Å². The second-order valence-electron chi connectivity index (χ2n) is 6.18. The largest absolute Gasteiger partial charge is 0.327 e. The molecule has 1 saturated carbocycles. The van der Waals surface area contributed by atoms with Crippen LogP contribution in [-0.2, 0) is 0 Å². The van der Waals surface area contributed by atoms with Gasteiger partial charge in [0.25, 0.3) is 0 Å². The minimum Gasteiger partial charge on any atom is -0.327 e. The highest BCUT2D eigenvalue weighted by Crippen LogP contribution is 2.51. The Morgan fingerprint density at radius 2 is 2.00 bits per heavy atom. The van der Waals surface area contributed by atoms with Gasteiger partial charge < -0.3 is 5.73 Å². The van der Waals surface area contributed by atoms with Gasteiger partial charge in [0.05, 0.1) is 0 Å². The normalized spacial score (nSPS) is 45.9. The highest BCUT2D eigenvalue weighted by molar-refractivity contribution is 5.09. The molecular formula is C11H22N2. The Hall–Kier alpha value is -0.0800. The molecular weight excluding hydrogens is 160 g/mol. The van der Waals surface area contributed by atoms with Gasteiger partial charge in [0.15, 0.2) is 0 Å². The molecule has 3 atom stereocenters. The van der Waals surface area contributed by atoms with Gasteiger partial charge in [-0.25, -0.2) is 0 Å². The number of fused-ring (bicyclic) bond motifs is 1. The van der Waals surface area contributed by atoms with Crippen LogP contribution in [0.4, 0.5) is 0 Å². The fraction of sp³-hybridized carbons (Fsp3) is 1.00. The van der Waals surface area contributed by atoms with Crippen LogP contribution >= 0.6 is 0 Å². The molecule has 0 bridgehead atoms. The maximum atomic E-state index is 6.03. The summed E-state index contributed by atoms with van der Waals surface area (Å²) in [5.41, 5.74) is 6.88. The predicted molar refractivity (Wildman–Crippen MR) is 55.5 cm³/mol. The van der Waals surface area contributed by atoms with Crippen LogP contribution in [0.2, 0.25) is 0 Å². The van der Waals surface area contributed by atoms with Crippen molar-refractivity contribution in [2.45, 2.75) is 45.7 Å². The predicted octanol–water partition coefficient (Wildman–Crippen LogP) is 1.45. The summed E-state index contributed by atoms with van der Waals surface area (Å²) < 4.78 is 0. The van der Waals surface area contributed by atoms with Gasteiger partial charge in [-0.2, -0.15) is 0 Å². The summed E-state index contributed by atoms with van der Waals surface area (Å²) >= 11 is 0. The molecule has 2 heteroatoms. The Balaban J connectivity index is 2.09. The quantitative estimate of drug-likeness (QED) is 0.614. The van der Waals surface area contributed by atoms with Crippen molar-refractivity contribution in [1.82, 2.24) is 4.90 Å². The third-order valence-corrected chi connectivity index (χ3v) is 4.03. The molecule has 1 saturated heterocycles. The molecule has 0 spiro atoms. The van der Waals surface area contributed by atoms with E-state index >= 15 is 0 Å². The van der Waals surface area contributed by atoms with Crippen LogP contribution in [0.5, 0.6) is 0 Å². The topological polar surface area (TPSA) is 29.3 Å². The summed E-state index contributed by atoms with van der Waals surface area (Å²) in [6, 6.07) is 0.470. The Morgan fingerprint density at radius 3 is 2.38 bits per heavy atom. The first kappa shape index (κ1) is 9.47. The van der Waals surface area contributed by atoms with E-state index in [9.17, 15) is 0 Å².